The van der Waals surface area contributed by atoms with Crippen molar-refractivity contribution in [2.45, 2.75) is 183 Å². The molecule has 15 atom stereocenters. The fraction of sp³-hybridized carbons (Fsp3) is 0.500. The molecule has 1 aromatic heterocycles. The number of rotatable bonds is 24. The van der Waals surface area contributed by atoms with Gasteiger partial charge >= 0.3 is 0 Å². The summed E-state index contributed by atoms with van der Waals surface area (Å²) in [5, 5.41) is 65.3. The number of amides is 15. The molecule has 596 valence electrons. The summed E-state index contributed by atoms with van der Waals surface area (Å²) in [5.74, 6) is -16.7. The van der Waals surface area contributed by atoms with Crippen LogP contribution in [0.1, 0.15) is 89.3 Å². The van der Waals surface area contributed by atoms with Crippen LogP contribution < -0.4 is 97.8 Å². The lowest BCUT2D eigenvalue weighted by Gasteiger charge is -2.29. The number of primary amides is 2. The van der Waals surface area contributed by atoms with Gasteiger partial charge in [0.2, 0.25) is 88.6 Å². The number of aromatic nitrogens is 1. The Labute approximate surface area is 636 Å². The average Bonchev–Trinajstić information content (AvgIpc) is 1.76. The standard InChI is InChI=1S/C70H101N19O18S2/c1-36(73)59(96)77-32-55(94)79-53-35-109-108-34-52(58(75)95)87-67(104)51(33-90)86-70(107)57(39(4)92)89-66(103)48(28-41-19-9-6-10-20-41)85-69(106)56(38(3)91)88-62(99)46(24-14-16-26-72)80-64(101)49(29-42-31-76-44-22-12-11-21-43(42)44)82-60(97)37(2)78-63(100)47(27-40-17-7-5-8-18-40)83-65(102)50(30-54(74)93)84-61(98)45(81-68(53)105)23-13-15-25-71/h5-12,17-22,31,36-39,45-53,56-57,76,90-92H,13-16,23-30,32-35,71-73H2,1-4H3,(H2,74,93)(H2,75,95)(H,77,96)(H,78,100)(H,79,94)(H,80,101)(H,81,105)(H,82,97)(H,83,102)(H,84,98)(H,85,106)(H,86,107)(H,87,104)(H,88,99)(H,89,103)/t36-,37+,38-,39-,45-,46+,47-,48-,49-,50+,51-,52-,53-,56+,57+/m0/s1. The zero-order valence-corrected chi connectivity index (χ0v) is 62.4. The van der Waals surface area contributed by atoms with E-state index in [0.717, 1.165) is 35.4 Å². The van der Waals surface area contributed by atoms with Gasteiger partial charge in [0.05, 0.1) is 37.8 Å². The molecule has 0 radical (unpaired) electrons. The van der Waals surface area contributed by atoms with Crippen molar-refractivity contribution in [2.24, 2.45) is 28.7 Å². The summed E-state index contributed by atoms with van der Waals surface area (Å²) >= 11 is 0. The van der Waals surface area contributed by atoms with Crippen LogP contribution in [0.3, 0.4) is 0 Å². The number of nitrogens with one attached hydrogen (secondary N) is 14. The van der Waals surface area contributed by atoms with Crippen molar-refractivity contribution in [3.63, 3.8) is 0 Å². The van der Waals surface area contributed by atoms with Crippen LogP contribution in [0.25, 0.3) is 10.9 Å². The van der Waals surface area contributed by atoms with Crippen LogP contribution in [0.5, 0.6) is 0 Å². The fourth-order valence-corrected chi connectivity index (χ4v) is 13.4. The van der Waals surface area contributed by atoms with Crippen molar-refractivity contribution < 1.29 is 87.2 Å². The molecule has 1 fully saturated rings. The van der Waals surface area contributed by atoms with Gasteiger partial charge in [-0.2, -0.15) is 0 Å². The Morgan fingerprint density at radius 1 is 0.505 bits per heavy atom. The molecule has 5 rings (SSSR count). The Bertz CT molecular complexity index is 3780. The van der Waals surface area contributed by atoms with Crippen molar-refractivity contribution in [2.75, 3.05) is 37.7 Å². The third-order valence-electron chi connectivity index (χ3n) is 17.2. The molecular weight excluding hydrogens is 1460 g/mol. The Balaban J connectivity index is 1.61. The van der Waals surface area contributed by atoms with Gasteiger partial charge in [-0.05, 0) is 102 Å². The lowest BCUT2D eigenvalue weighted by atomic mass is 10.0. The molecule has 39 heteroatoms. The van der Waals surface area contributed by atoms with Crippen molar-refractivity contribution in [1.82, 2.24) is 74.1 Å². The first kappa shape index (κ1) is 89.3. The van der Waals surface area contributed by atoms with Crippen molar-refractivity contribution in [3.05, 3.63) is 108 Å². The predicted molar refractivity (Wildman–Crippen MR) is 402 cm³/mol. The molecule has 0 saturated carbocycles. The van der Waals surface area contributed by atoms with Gasteiger partial charge in [-0.15, -0.1) is 0 Å². The Morgan fingerprint density at radius 2 is 0.936 bits per heavy atom. The summed E-state index contributed by atoms with van der Waals surface area (Å²) in [4.78, 5) is 214. The molecular formula is C70H101N19O18S2. The topological polar surface area (TPSA) is 619 Å². The number of H-pyrrole nitrogens is 1. The second-order valence-electron chi connectivity index (χ2n) is 26.1. The zero-order chi connectivity index (χ0) is 80.4. The number of aliphatic hydroxyl groups excluding tert-OH is 3. The second kappa shape index (κ2) is 45.5. The van der Waals surface area contributed by atoms with Gasteiger partial charge in [0, 0.05) is 47.9 Å². The molecule has 15 amide bonds. The van der Waals surface area contributed by atoms with Crippen LogP contribution in [-0.4, -0.2) is 237 Å². The summed E-state index contributed by atoms with van der Waals surface area (Å²) in [6.07, 6.45) is -2.97. The van der Waals surface area contributed by atoms with Crippen LogP contribution in [0, 0.1) is 0 Å². The number of fused-ring (bicyclic) bond motifs is 1. The van der Waals surface area contributed by atoms with Gasteiger partial charge in [0.1, 0.15) is 72.5 Å². The largest absolute Gasteiger partial charge is 0.394 e. The van der Waals surface area contributed by atoms with Crippen LogP contribution in [-0.2, 0) is 91.2 Å². The number of carbonyl (C=O) groups is 15. The van der Waals surface area contributed by atoms with E-state index >= 15 is 0 Å². The third kappa shape index (κ3) is 29.7. The van der Waals surface area contributed by atoms with Gasteiger partial charge in [-0.25, -0.2) is 0 Å². The van der Waals surface area contributed by atoms with Crippen LogP contribution in [0.15, 0.2) is 91.1 Å². The summed E-state index contributed by atoms with van der Waals surface area (Å²) < 4.78 is 0. The number of para-hydroxylation sites is 1. The number of carbonyl (C=O) groups excluding carboxylic acids is 15. The molecule has 1 saturated heterocycles. The highest BCUT2D eigenvalue weighted by atomic mass is 33.1. The number of hydrogen-bond acceptors (Lipinski definition) is 23. The van der Waals surface area contributed by atoms with E-state index < -0.39 is 210 Å². The number of unbranched alkanes of at least 4 members (excludes halogenated alkanes) is 2. The van der Waals surface area contributed by atoms with Gasteiger partial charge in [-0.1, -0.05) is 100 Å². The third-order valence-corrected chi connectivity index (χ3v) is 19.6. The molecule has 4 aromatic rings. The quantitative estimate of drug-likeness (QED) is 0.0229. The Hall–Kier alpha value is -10.3. The maximum absolute atomic E-state index is 14.9. The highest BCUT2D eigenvalue weighted by Crippen LogP contribution is 2.24. The minimum absolute atomic E-state index is 0.119. The maximum atomic E-state index is 14.9. The van der Waals surface area contributed by atoms with E-state index in [-0.39, 0.29) is 58.0 Å². The molecule has 0 bridgehead atoms. The summed E-state index contributed by atoms with van der Waals surface area (Å²) in [7, 11) is 1.63. The van der Waals surface area contributed by atoms with Gasteiger partial charge in [0.25, 0.3) is 0 Å². The first-order valence-corrected chi connectivity index (χ1v) is 37.8. The first-order chi connectivity index (χ1) is 51.8. The van der Waals surface area contributed by atoms with E-state index in [1.54, 1.807) is 91.1 Å². The SMILES string of the molecule is C[C@H](N)C(=O)NCC(=O)N[C@H]1CSSC[C@@H](C(N)=O)NC(=O)[C@H](CO)NC(=O)[C@@H]([C@H](C)O)NC(=O)[C@H](Cc2ccccc2)NC(=O)[C@@H]([C@H](C)O)NC(=O)[C@@H](CCCCN)NC(=O)[C@H](Cc2c[nH]c3ccccc23)NC(=O)[C@@H](C)NC(=O)[C@H](Cc2ccccc2)NC(=O)[C@@H](CC(N)=O)NC(=O)[C@H](CCCCN)NC1=O. The molecule has 1 aliphatic rings. The molecule has 27 N–H and O–H groups in total. The second-order valence-corrected chi connectivity index (χ2v) is 28.7. The molecule has 1 aliphatic heterocycles. The van der Waals surface area contributed by atoms with Crippen LogP contribution in [0.2, 0.25) is 0 Å². The van der Waals surface area contributed by atoms with Gasteiger partial charge < -0.3 is 118 Å². The Morgan fingerprint density at radius 3 is 1.46 bits per heavy atom. The van der Waals surface area contributed by atoms with Crippen molar-refractivity contribution in [1.29, 1.82) is 0 Å². The minimum atomic E-state index is -1.95. The van der Waals surface area contributed by atoms with E-state index in [9.17, 15) is 87.2 Å². The molecule has 3 aromatic carbocycles. The van der Waals surface area contributed by atoms with Gasteiger partial charge in [-0.3, -0.25) is 71.9 Å². The normalized spacial score (nSPS) is 24.4. The summed E-state index contributed by atoms with van der Waals surface area (Å²) in [6.45, 7) is 3.26. The number of hydrogen-bond donors (Lipinski definition) is 22. The molecule has 37 nitrogen and oxygen atoms in total. The number of aliphatic hydroxyl groups is 3. The van der Waals surface area contributed by atoms with Crippen LogP contribution >= 0.6 is 21.6 Å². The van der Waals surface area contributed by atoms with Crippen molar-refractivity contribution in [3.8, 4) is 0 Å². The molecule has 2 heterocycles. The van der Waals surface area contributed by atoms with E-state index in [1.807, 2.05) is 0 Å². The van der Waals surface area contributed by atoms with E-state index in [1.165, 1.54) is 13.8 Å². The lowest BCUT2D eigenvalue weighted by molar-refractivity contribution is -0.138. The summed E-state index contributed by atoms with van der Waals surface area (Å²) in [5.41, 5.74) is 30.7. The van der Waals surface area contributed by atoms with E-state index in [0.29, 0.717) is 40.4 Å². The smallest absolute Gasteiger partial charge is 0.245 e. The fourth-order valence-electron chi connectivity index (χ4n) is 11.0. The first-order valence-electron chi connectivity index (χ1n) is 35.3. The Kier molecular flexibility index (Phi) is 37.3. The monoisotopic (exact) mass is 1560 g/mol. The van der Waals surface area contributed by atoms with E-state index in [2.05, 4.69) is 74.1 Å². The highest BCUT2D eigenvalue weighted by molar-refractivity contribution is 8.76. The average molecular weight is 1560 g/mol. The predicted octanol–water partition coefficient (Wildman–Crippen LogP) is -6.74. The number of aromatic amines is 1. The highest BCUT2D eigenvalue weighted by Gasteiger charge is 2.39. The molecule has 109 heavy (non-hydrogen) atoms. The number of benzene rings is 3. The summed E-state index contributed by atoms with van der Waals surface area (Å²) in [6, 6.07) is 1.91. The molecule has 0 unspecified atom stereocenters. The minimum Gasteiger partial charge on any atom is -0.394 e. The van der Waals surface area contributed by atoms with Crippen molar-refractivity contribution >= 4 is 121 Å². The van der Waals surface area contributed by atoms with E-state index in [4.69, 9.17) is 28.7 Å². The number of nitrogens with two attached hydrogens (primary N) is 5. The molecule has 0 aliphatic carbocycles. The molecule has 0 spiro atoms. The van der Waals surface area contributed by atoms with Gasteiger partial charge in [0.15, 0.2) is 0 Å². The maximum Gasteiger partial charge on any atom is 0.245 e. The van der Waals surface area contributed by atoms with Crippen LogP contribution in [0.4, 0.5) is 0 Å². The lowest BCUT2D eigenvalue weighted by Crippen LogP contribution is -2.63. The zero-order valence-electron chi connectivity index (χ0n) is 60.8.